The third-order valence-electron chi connectivity index (χ3n) is 7.97. The van der Waals surface area contributed by atoms with Crippen LogP contribution in [0, 0.1) is 34.1 Å². The minimum Gasteiger partial charge on any atom is -0.442 e. The van der Waals surface area contributed by atoms with Crippen LogP contribution in [0.15, 0.2) is 70.3 Å². The van der Waals surface area contributed by atoms with Gasteiger partial charge in [0.15, 0.2) is 11.6 Å². The lowest BCUT2D eigenvalue weighted by Gasteiger charge is -2.22. The van der Waals surface area contributed by atoms with Gasteiger partial charge in [-0.3, -0.25) is 39.0 Å². The van der Waals surface area contributed by atoms with E-state index in [2.05, 4.69) is 0 Å². The van der Waals surface area contributed by atoms with Crippen LogP contribution in [0.3, 0.4) is 0 Å². The molecule has 4 aromatic rings. The number of nitrogens with zero attached hydrogens (tertiary/aromatic N) is 6. The van der Waals surface area contributed by atoms with Gasteiger partial charge in [-0.25, -0.2) is 0 Å². The van der Waals surface area contributed by atoms with E-state index in [4.69, 9.17) is 4.74 Å². The average molecular weight is 585 g/mol. The lowest BCUT2D eigenvalue weighted by atomic mass is 10.1. The predicted molar refractivity (Wildman–Crippen MR) is 159 cm³/mol. The maximum atomic E-state index is 13.5. The van der Waals surface area contributed by atoms with Crippen molar-refractivity contribution in [2.24, 2.45) is 0 Å². The van der Waals surface area contributed by atoms with Crippen molar-refractivity contribution in [1.29, 1.82) is 0 Å². The Kier molecular flexibility index (Phi) is 6.92. The van der Waals surface area contributed by atoms with Gasteiger partial charge in [-0.2, -0.15) is 0 Å². The molecule has 0 aliphatic carbocycles. The molecule has 13 heteroatoms. The van der Waals surface area contributed by atoms with Crippen molar-refractivity contribution < 1.29 is 14.6 Å². The summed E-state index contributed by atoms with van der Waals surface area (Å²) >= 11 is 0. The van der Waals surface area contributed by atoms with E-state index in [1.54, 1.807) is 9.80 Å². The number of aromatic nitrogens is 2. The summed E-state index contributed by atoms with van der Waals surface area (Å²) in [5.41, 5.74) is -0.360. The van der Waals surface area contributed by atoms with Crippen molar-refractivity contribution in [1.82, 2.24) is 9.13 Å². The topological polar surface area (TPSA) is 146 Å². The fourth-order valence-corrected chi connectivity index (χ4v) is 5.91. The predicted octanol–water partition coefficient (Wildman–Crippen LogP) is 4.28. The Labute approximate surface area is 245 Å². The summed E-state index contributed by atoms with van der Waals surface area (Å²) in [5.74, 6) is -0.708. The third-order valence-corrected chi connectivity index (χ3v) is 7.97. The molecule has 2 aromatic carbocycles. The highest BCUT2D eigenvalue weighted by Gasteiger charge is 2.40. The number of nitro groups is 2. The number of benzene rings is 2. The number of anilines is 2. The van der Waals surface area contributed by atoms with Crippen LogP contribution in [0.5, 0.6) is 11.5 Å². The molecule has 0 amide bonds. The minimum atomic E-state index is -0.639. The van der Waals surface area contributed by atoms with Crippen LogP contribution < -0.4 is 25.7 Å². The molecule has 13 nitrogen and oxygen atoms in total. The van der Waals surface area contributed by atoms with E-state index in [9.17, 15) is 29.8 Å². The van der Waals surface area contributed by atoms with Crippen molar-refractivity contribution >= 4 is 23.0 Å². The van der Waals surface area contributed by atoms with Gasteiger partial charge < -0.3 is 14.5 Å². The summed E-state index contributed by atoms with van der Waals surface area (Å²) in [7, 11) is 0. The second kappa shape index (κ2) is 10.7. The number of fused-ring (bicyclic) bond motifs is 2. The molecule has 2 aromatic heterocycles. The SMILES string of the molecule is Cc1c(Oc2c([N+](=O)[O-])c3n(c(=O)c2C)CCN3Cc2ccccc2)c([N+](=O)[O-])c2n(c1=O)CCN2Cc1ccccc1. The van der Waals surface area contributed by atoms with Gasteiger partial charge in [-0.1, -0.05) is 60.7 Å². The highest BCUT2D eigenvalue weighted by atomic mass is 16.6. The summed E-state index contributed by atoms with van der Waals surface area (Å²) in [6.07, 6.45) is 0. The van der Waals surface area contributed by atoms with Crippen LogP contribution in [0.2, 0.25) is 0 Å². The van der Waals surface area contributed by atoms with Crippen molar-refractivity contribution in [3.05, 3.63) is 124 Å². The number of hydrogen-bond donors (Lipinski definition) is 0. The van der Waals surface area contributed by atoms with E-state index in [1.165, 1.54) is 23.0 Å². The van der Waals surface area contributed by atoms with E-state index in [0.717, 1.165) is 11.1 Å². The van der Waals surface area contributed by atoms with Gasteiger partial charge in [0.2, 0.25) is 11.5 Å². The van der Waals surface area contributed by atoms with Crippen LogP contribution in [0.25, 0.3) is 0 Å². The first-order chi connectivity index (χ1) is 20.7. The maximum Gasteiger partial charge on any atom is 0.352 e. The van der Waals surface area contributed by atoms with E-state index < -0.39 is 43.8 Å². The zero-order chi connectivity index (χ0) is 30.4. The minimum absolute atomic E-state index is 0.0587. The van der Waals surface area contributed by atoms with Crippen LogP contribution in [-0.2, 0) is 26.2 Å². The number of pyridine rings is 2. The van der Waals surface area contributed by atoms with Gasteiger partial charge >= 0.3 is 11.4 Å². The van der Waals surface area contributed by atoms with Gasteiger partial charge in [-0.05, 0) is 25.0 Å². The van der Waals surface area contributed by atoms with Gasteiger partial charge in [0.25, 0.3) is 11.1 Å². The first kappa shape index (κ1) is 27.7. The Balaban J connectivity index is 1.52. The summed E-state index contributed by atoms with van der Waals surface area (Å²) in [5, 5.41) is 25.2. The zero-order valence-electron chi connectivity index (χ0n) is 23.6. The summed E-state index contributed by atoms with van der Waals surface area (Å²) in [4.78, 5) is 54.4. The lowest BCUT2D eigenvalue weighted by molar-refractivity contribution is -0.387. The van der Waals surface area contributed by atoms with Gasteiger partial charge in [-0.15, -0.1) is 0 Å². The molecule has 0 saturated heterocycles. The normalized spacial score (nSPS) is 13.6. The number of hydrogen-bond acceptors (Lipinski definition) is 9. The second-order valence-corrected chi connectivity index (χ2v) is 10.6. The Hall–Kier alpha value is -5.46. The molecule has 0 saturated carbocycles. The van der Waals surface area contributed by atoms with Crippen molar-refractivity contribution in [3.8, 4) is 11.5 Å². The molecule has 4 heterocycles. The molecule has 43 heavy (non-hydrogen) atoms. The number of rotatable bonds is 8. The van der Waals surface area contributed by atoms with Crippen LogP contribution in [0.1, 0.15) is 22.3 Å². The molecule has 0 unspecified atom stereocenters. The highest BCUT2D eigenvalue weighted by molar-refractivity contribution is 5.74. The largest absolute Gasteiger partial charge is 0.442 e. The Morgan fingerprint density at radius 3 is 1.37 bits per heavy atom. The zero-order valence-corrected chi connectivity index (χ0v) is 23.6. The van der Waals surface area contributed by atoms with Crippen molar-refractivity contribution in [2.45, 2.75) is 40.0 Å². The second-order valence-electron chi connectivity index (χ2n) is 10.6. The molecule has 0 fully saturated rings. The molecule has 0 radical (unpaired) electrons. The van der Waals surface area contributed by atoms with Crippen molar-refractivity contribution in [3.63, 3.8) is 0 Å². The van der Waals surface area contributed by atoms with E-state index in [1.807, 2.05) is 60.7 Å². The van der Waals surface area contributed by atoms with E-state index in [0.29, 0.717) is 26.2 Å². The first-order valence-electron chi connectivity index (χ1n) is 13.8. The standard InChI is InChI=1S/C30H28N6O7/c1-19-25(23(35(39)40)27-31(13-15-33(27)29(19)37)17-21-9-5-3-6-10-21)43-26-20(2)30(38)34-16-14-32(28(34)24(26)36(41)42)18-22-11-7-4-8-12-22/h3-12H,13-18H2,1-2H3. The molecule has 220 valence electrons. The highest BCUT2D eigenvalue weighted by Crippen LogP contribution is 2.47. The number of ether oxygens (including phenoxy) is 1. The molecule has 6 rings (SSSR count). The first-order valence-corrected chi connectivity index (χ1v) is 13.8. The van der Waals surface area contributed by atoms with Crippen LogP contribution in [0.4, 0.5) is 23.0 Å². The quantitative estimate of drug-likeness (QED) is 0.219. The smallest absolute Gasteiger partial charge is 0.352 e. The summed E-state index contributed by atoms with van der Waals surface area (Å²) in [6, 6.07) is 18.6. The van der Waals surface area contributed by atoms with Crippen LogP contribution in [-0.4, -0.2) is 32.1 Å². The molecule has 2 aliphatic rings. The maximum absolute atomic E-state index is 13.5. The Bertz CT molecular complexity index is 1750. The fraction of sp³-hybridized carbons (Fsp3) is 0.267. The lowest BCUT2D eigenvalue weighted by Crippen LogP contribution is -2.26. The fourth-order valence-electron chi connectivity index (χ4n) is 5.91. The third kappa shape index (κ3) is 4.68. The Morgan fingerprint density at radius 1 is 0.651 bits per heavy atom. The molecule has 0 bridgehead atoms. The molecular weight excluding hydrogens is 556 g/mol. The molecule has 0 atom stereocenters. The Morgan fingerprint density at radius 2 is 1.02 bits per heavy atom. The average Bonchev–Trinajstić information content (AvgIpc) is 3.59. The molecule has 0 spiro atoms. The molecule has 2 aliphatic heterocycles. The van der Waals surface area contributed by atoms with Crippen LogP contribution >= 0.6 is 0 Å². The summed E-state index contributed by atoms with van der Waals surface area (Å²) in [6.45, 7) is 4.55. The van der Waals surface area contributed by atoms with Gasteiger partial charge in [0.05, 0.1) is 21.0 Å². The molecule has 0 N–H and O–H groups in total. The van der Waals surface area contributed by atoms with E-state index >= 15 is 0 Å². The molecular formula is C30H28N6O7. The van der Waals surface area contributed by atoms with Crippen molar-refractivity contribution in [2.75, 3.05) is 22.9 Å². The monoisotopic (exact) mass is 584 g/mol. The summed E-state index contributed by atoms with van der Waals surface area (Å²) < 4.78 is 8.74. The van der Waals surface area contributed by atoms with Gasteiger partial charge in [0, 0.05) is 39.3 Å². The van der Waals surface area contributed by atoms with E-state index in [-0.39, 0.29) is 35.9 Å². The van der Waals surface area contributed by atoms with Gasteiger partial charge in [0.1, 0.15) is 0 Å².